The van der Waals surface area contributed by atoms with E-state index in [1.54, 1.807) is 17.9 Å². The highest BCUT2D eigenvalue weighted by Crippen LogP contribution is 2.31. The summed E-state index contributed by atoms with van der Waals surface area (Å²) in [5.74, 6) is 0.0832. The van der Waals surface area contributed by atoms with Crippen molar-refractivity contribution in [3.8, 4) is 0 Å². The monoisotopic (exact) mass is 352 g/mol. The number of rotatable bonds is 5. The summed E-state index contributed by atoms with van der Waals surface area (Å²) in [6.45, 7) is 1.91. The molecule has 0 bridgehead atoms. The van der Waals surface area contributed by atoms with Crippen molar-refractivity contribution in [2.45, 2.75) is 55.5 Å². The Bertz CT molecular complexity index is 637. The smallest absolute Gasteiger partial charge is 0.242 e. The molecule has 23 heavy (non-hydrogen) atoms. The molecule has 3 rings (SSSR count). The van der Waals surface area contributed by atoms with Crippen LogP contribution in [0.5, 0.6) is 0 Å². The number of hydrogen-bond acceptors (Lipinski definition) is 7. The molecule has 1 atom stereocenters. The van der Waals surface area contributed by atoms with Crippen molar-refractivity contribution in [2.24, 2.45) is 7.05 Å². The lowest BCUT2D eigenvalue weighted by Crippen LogP contribution is -2.45. The van der Waals surface area contributed by atoms with Crippen LogP contribution in [0.2, 0.25) is 0 Å². The van der Waals surface area contributed by atoms with E-state index in [9.17, 15) is 4.79 Å². The Hall–Kier alpha value is -1.48. The zero-order valence-electron chi connectivity index (χ0n) is 13.3. The second-order valence-corrected chi connectivity index (χ2v) is 7.84. The highest BCUT2D eigenvalue weighted by molar-refractivity contribution is 8.00. The maximum Gasteiger partial charge on any atom is 0.242 e. The molecule has 0 spiro atoms. The Balaban J connectivity index is 1.78. The van der Waals surface area contributed by atoms with Crippen LogP contribution >= 0.6 is 23.1 Å². The Kier molecular flexibility index (Phi) is 5.27. The molecule has 0 N–H and O–H groups in total. The van der Waals surface area contributed by atoms with Crippen molar-refractivity contribution >= 4 is 34.1 Å². The third-order valence-corrected chi connectivity index (χ3v) is 5.90. The van der Waals surface area contributed by atoms with Gasteiger partial charge in [0, 0.05) is 24.7 Å². The molecule has 9 heteroatoms. The topological polar surface area (TPSA) is 76.8 Å². The minimum atomic E-state index is -0.259. The summed E-state index contributed by atoms with van der Waals surface area (Å²) in [7, 11) is 1.78. The summed E-state index contributed by atoms with van der Waals surface area (Å²) in [5.41, 5.74) is 0. The molecule has 0 unspecified atom stereocenters. The van der Waals surface area contributed by atoms with Crippen LogP contribution in [0.1, 0.15) is 39.0 Å². The lowest BCUT2D eigenvalue weighted by Gasteiger charge is -2.33. The molecule has 1 aliphatic rings. The zero-order valence-corrected chi connectivity index (χ0v) is 14.9. The van der Waals surface area contributed by atoms with E-state index < -0.39 is 0 Å². The third-order valence-electron chi connectivity index (χ3n) is 4.01. The van der Waals surface area contributed by atoms with Gasteiger partial charge in [0.15, 0.2) is 5.13 Å². The molecular weight excluding hydrogens is 332 g/mol. The number of anilines is 1. The third kappa shape index (κ3) is 3.72. The van der Waals surface area contributed by atoms with Crippen LogP contribution in [0, 0.1) is 0 Å². The van der Waals surface area contributed by atoms with Crippen LogP contribution in [-0.2, 0) is 11.8 Å². The number of hydrogen-bond donors (Lipinski definition) is 0. The first-order valence-corrected chi connectivity index (χ1v) is 9.54. The Labute approximate surface area is 143 Å². The predicted molar refractivity (Wildman–Crippen MR) is 90.6 cm³/mol. The van der Waals surface area contributed by atoms with Crippen molar-refractivity contribution in [1.29, 1.82) is 0 Å². The van der Waals surface area contributed by atoms with Crippen molar-refractivity contribution in [3.05, 3.63) is 11.6 Å². The Morgan fingerprint density at radius 1 is 1.43 bits per heavy atom. The number of thiazole rings is 1. The number of tetrazole rings is 1. The van der Waals surface area contributed by atoms with Gasteiger partial charge in [-0.2, -0.15) is 0 Å². The maximum atomic E-state index is 13.1. The van der Waals surface area contributed by atoms with Crippen molar-refractivity contribution in [3.63, 3.8) is 0 Å². The first-order chi connectivity index (χ1) is 11.2. The van der Waals surface area contributed by atoms with E-state index in [0.29, 0.717) is 5.16 Å². The molecule has 2 aromatic heterocycles. The van der Waals surface area contributed by atoms with Crippen LogP contribution < -0.4 is 4.90 Å². The van der Waals surface area contributed by atoms with Crippen LogP contribution in [0.4, 0.5) is 5.13 Å². The standard InChI is InChI=1S/C14H20N6OS2/c1-10(23-14-16-17-18-19(14)2)12(21)20(13-15-8-9-22-13)11-6-4-3-5-7-11/h8-11H,3-7H2,1-2H3/t10-/m1/s1. The second-order valence-electron chi connectivity index (χ2n) is 5.66. The SMILES string of the molecule is C[C@@H](Sc1nnnn1C)C(=O)N(c1nccs1)C1CCCCC1. The molecule has 0 saturated heterocycles. The van der Waals surface area contributed by atoms with Gasteiger partial charge in [0.2, 0.25) is 11.1 Å². The highest BCUT2D eigenvalue weighted by atomic mass is 32.2. The maximum absolute atomic E-state index is 13.1. The molecule has 2 aromatic rings. The minimum Gasteiger partial charge on any atom is -0.284 e. The number of amides is 1. The highest BCUT2D eigenvalue weighted by Gasteiger charge is 2.32. The van der Waals surface area contributed by atoms with Gasteiger partial charge in [-0.25, -0.2) is 9.67 Å². The number of nitrogens with zero attached hydrogens (tertiary/aromatic N) is 6. The number of carbonyl (C=O) groups is 1. The molecule has 0 radical (unpaired) electrons. The fraction of sp³-hybridized carbons (Fsp3) is 0.643. The summed E-state index contributed by atoms with van der Waals surface area (Å²) < 4.78 is 1.59. The van der Waals surface area contributed by atoms with E-state index in [-0.39, 0.29) is 17.2 Å². The van der Waals surface area contributed by atoms with Gasteiger partial charge >= 0.3 is 0 Å². The van der Waals surface area contributed by atoms with Gasteiger partial charge in [0.1, 0.15) is 0 Å². The molecule has 7 nitrogen and oxygen atoms in total. The number of carbonyl (C=O) groups excluding carboxylic acids is 1. The van der Waals surface area contributed by atoms with Gasteiger partial charge in [0.25, 0.3) is 0 Å². The molecule has 2 heterocycles. The van der Waals surface area contributed by atoms with Crippen molar-refractivity contribution in [2.75, 3.05) is 4.90 Å². The van der Waals surface area contributed by atoms with Crippen molar-refractivity contribution in [1.82, 2.24) is 25.2 Å². The molecule has 0 aliphatic heterocycles. The number of thioether (sulfide) groups is 1. The summed E-state index contributed by atoms with van der Waals surface area (Å²) in [6, 6.07) is 0.253. The van der Waals surface area contributed by atoms with Crippen LogP contribution in [0.15, 0.2) is 16.7 Å². The molecule has 1 aliphatic carbocycles. The average molecular weight is 352 g/mol. The van der Waals surface area contributed by atoms with Crippen LogP contribution in [-0.4, -0.2) is 42.4 Å². The molecule has 0 aromatic carbocycles. The first-order valence-electron chi connectivity index (χ1n) is 7.78. The summed E-state index contributed by atoms with van der Waals surface area (Å²) >= 11 is 2.91. The minimum absolute atomic E-state index is 0.0832. The average Bonchev–Trinajstić information content (AvgIpc) is 3.21. The van der Waals surface area contributed by atoms with Gasteiger partial charge in [-0.3, -0.25) is 9.69 Å². The van der Waals surface area contributed by atoms with Gasteiger partial charge < -0.3 is 0 Å². The Morgan fingerprint density at radius 2 is 2.22 bits per heavy atom. The summed E-state index contributed by atoms with van der Waals surface area (Å²) in [5, 5.41) is 14.5. The summed E-state index contributed by atoms with van der Waals surface area (Å²) in [6.07, 6.45) is 7.46. The fourth-order valence-electron chi connectivity index (χ4n) is 2.83. The quantitative estimate of drug-likeness (QED) is 0.770. The van der Waals surface area contributed by atoms with E-state index >= 15 is 0 Å². The lowest BCUT2D eigenvalue weighted by atomic mass is 9.94. The second kappa shape index (κ2) is 7.39. The van der Waals surface area contributed by atoms with E-state index in [1.807, 2.05) is 17.2 Å². The van der Waals surface area contributed by atoms with Gasteiger partial charge in [-0.05, 0) is 30.2 Å². The van der Waals surface area contributed by atoms with Crippen molar-refractivity contribution < 1.29 is 4.79 Å². The van der Waals surface area contributed by atoms with Crippen LogP contribution in [0.3, 0.4) is 0 Å². The number of aromatic nitrogens is 5. The molecular formula is C14H20N6OS2. The molecule has 1 saturated carbocycles. The molecule has 124 valence electrons. The first kappa shape index (κ1) is 16.4. The van der Waals surface area contributed by atoms with Gasteiger partial charge in [0.05, 0.1) is 5.25 Å². The normalized spacial score (nSPS) is 17.1. The van der Waals surface area contributed by atoms with Gasteiger partial charge in [-0.15, -0.1) is 16.4 Å². The van der Waals surface area contributed by atoms with Gasteiger partial charge in [-0.1, -0.05) is 31.0 Å². The molecule has 1 fully saturated rings. The van der Waals surface area contributed by atoms with E-state index in [0.717, 1.165) is 18.0 Å². The predicted octanol–water partition coefficient (Wildman–Crippen LogP) is 2.51. The van der Waals surface area contributed by atoms with Crippen LogP contribution in [0.25, 0.3) is 0 Å². The Morgan fingerprint density at radius 3 is 2.83 bits per heavy atom. The van der Waals surface area contributed by atoms with E-state index in [2.05, 4.69) is 20.5 Å². The zero-order chi connectivity index (χ0) is 16.2. The van der Waals surface area contributed by atoms with E-state index in [1.165, 1.54) is 42.4 Å². The fourth-order valence-corrected chi connectivity index (χ4v) is 4.35. The lowest BCUT2D eigenvalue weighted by molar-refractivity contribution is -0.118. The number of aryl methyl sites for hydroxylation is 1. The summed E-state index contributed by atoms with van der Waals surface area (Å²) in [4.78, 5) is 19.4. The largest absolute Gasteiger partial charge is 0.284 e. The van der Waals surface area contributed by atoms with E-state index in [4.69, 9.17) is 0 Å². The molecule has 1 amide bonds.